The number of nitrogens with one attached hydrogen (secondary N) is 1. The first-order chi connectivity index (χ1) is 27.7. The monoisotopic (exact) mass is 820 g/mol. The second kappa shape index (κ2) is 19.5. The Bertz CT molecular complexity index is 2220. The van der Waals surface area contributed by atoms with Gasteiger partial charge in [-0.05, 0) is 80.5 Å². The molecule has 4 aromatic rings. The molecule has 1 aliphatic rings. The molecule has 0 bridgehead atoms. The van der Waals surface area contributed by atoms with Gasteiger partial charge in [0.1, 0.15) is 44.4 Å². The van der Waals surface area contributed by atoms with E-state index in [1.54, 1.807) is 55.6 Å². The van der Waals surface area contributed by atoms with Crippen molar-refractivity contribution in [1.82, 2.24) is 20.4 Å². The summed E-state index contributed by atoms with van der Waals surface area (Å²) < 4.78 is 52.5. The molecule has 0 saturated heterocycles. The average Bonchev–Trinajstić information content (AvgIpc) is 3.68. The predicted molar refractivity (Wildman–Crippen MR) is 212 cm³/mol. The van der Waals surface area contributed by atoms with E-state index in [0.29, 0.717) is 49.8 Å². The number of esters is 1. The number of fused-ring (bicyclic) bond motifs is 1. The Kier molecular flexibility index (Phi) is 14.5. The summed E-state index contributed by atoms with van der Waals surface area (Å²) in [5, 5.41) is 30.6. The standard InChI is InChI=1S/C41H48N4O12S/c1-24-12-11-15-27(46)14-8-6-7-13-25-20-31(47)36(37(49)35(25)41(50)56-24)28(26-21-32(53-2)38(55-4)33(22-26)54-3)23-34(48)43-30(17-19-58(5,51)52)40-44-39(45-57-40)29-16-9-10-18-42-29/h7,9-10,13,16,18,20-22,24,28,30,47,49H,6,8,11-12,14-15,17,19,23H2,1-5H3,(H,43,48). The van der Waals surface area contributed by atoms with E-state index in [1.807, 2.05) is 0 Å². The zero-order valence-corrected chi connectivity index (χ0v) is 33.8. The van der Waals surface area contributed by atoms with Crippen molar-refractivity contribution < 1.29 is 56.5 Å². The second-order valence-corrected chi connectivity index (χ2v) is 16.2. The first-order valence-electron chi connectivity index (χ1n) is 18.7. The van der Waals surface area contributed by atoms with Crippen LogP contribution < -0.4 is 19.5 Å². The zero-order chi connectivity index (χ0) is 42.0. The average molecular weight is 821 g/mol. The summed E-state index contributed by atoms with van der Waals surface area (Å²) >= 11 is 0. The topological polar surface area (TPSA) is 227 Å². The fourth-order valence-electron chi connectivity index (χ4n) is 6.71. The lowest BCUT2D eigenvalue weighted by molar-refractivity contribution is -0.122. The summed E-state index contributed by atoms with van der Waals surface area (Å²) in [5.74, 6) is -3.37. The van der Waals surface area contributed by atoms with Crippen LogP contribution in [0.4, 0.5) is 0 Å². The number of aromatic hydroxyl groups is 2. The van der Waals surface area contributed by atoms with Crippen LogP contribution in [0.1, 0.15) is 103 Å². The quantitative estimate of drug-likeness (QED) is 0.134. The molecular formula is C41H48N4O12S. The molecule has 0 fully saturated rings. The van der Waals surface area contributed by atoms with Gasteiger partial charge in [-0.25, -0.2) is 13.2 Å². The molecule has 2 aromatic carbocycles. The van der Waals surface area contributed by atoms with Gasteiger partial charge < -0.3 is 39.0 Å². The maximum atomic E-state index is 14.2. The molecule has 17 heteroatoms. The second-order valence-electron chi connectivity index (χ2n) is 14.0. The molecule has 0 aliphatic carbocycles. The maximum absolute atomic E-state index is 14.2. The lowest BCUT2D eigenvalue weighted by Gasteiger charge is -2.25. The minimum absolute atomic E-state index is 0.0768. The van der Waals surface area contributed by atoms with Crippen LogP contribution in [0.3, 0.4) is 0 Å². The Hall–Kier alpha value is -5.97. The molecular weight excluding hydrogens is 773 g/mol. The summed E-state index contributed by atoms with van der Waals surface area (Å²) in [6.45, 7) is 1.69. The summed E-state index contributed by atoms with van der Waals surface area (Å²) in [6, 6.07) is 8.41. The minimum atomic E-state index is -3.51. The molecule has 1 amide bonds. The number of hydrogen-bond acceptors (Lipinski definition) is 15. The molecule has 3 heterocycles. The van der Waals surface area contributed by atoms with Gasteiger partial charge in [0, 0.05) is 43.2 Å². The van der Waals surface area contributed by atoms with Crippen LogP contribution in [0, 0.1) is 0 Å². The number of carbonyl (C=O) groups is 3. The number of rotatable bonds is 13. The summed E-state index contributed by atoms with van der Waals surface area (Å²) in [5.41, 5.74) is 0.436. The summed E-state index contributed by atoms with van der Waals surface area (Å²) in [4.78, 5) is 49.0. The van der Waals surface area contributed by atoms with Gasteiger partial charge in [-0.1, -0.05) is 23.4 Å². The normalized spacial score (nSPS) is 16.3. The number of allylic oxidation sites excluding steroid dienone is 1. The maximum Gasteiger partial charge on any atom is 0.342 e. The molecule has 5 rings (SSSR count). The van der Waals surface area contributed by atoms with Gasteiger partial charge in [0.05, 0.1) is 33.2 Å². The van der Waals surface area contributed by atoms with Crippen molar-refractivity contribution in [1.29, 1.82) is 0 Å². The molecule has 310 valence electrons. The number of pyridine rings is 1. The van der Waals surface area contributed by atoms with E-state index >= 15 is 0 Å². The first-order valence-corrected chi connectivity index (χ1v) is 20.8. The van der Waals surface area contributed by atoms with Crippen LogP contribution in [0.25, 0.3) is 17.6 Å². The number of benzene rings is 2. The number of ether oxygens (including phenoxy) is 4. The third-order valence-electron chi connectivity index (χ3n) is 9.62. The summed E-state index contributed by atoms with van der Waals surface area (Å²) in [6.07, 6.45) is 7.44. The van der Waals surface area contributed by atoms with Gasteiger partial charge >= 0.3 is 5.97 Å². The van der Waals surface area contributed by atoms with Gasteiger partial charge in [0.25, 0.3) is 0 Å². The number of methoxy groups -OCH3 is 3. The van der Waals surface area contributed by atoms with Crippen LogP contribution in [-0.4, -0.2) is 90.9 Å². The first kappa shape index (κ1) is 43.2. The van der Waals surface area contributed by atoms with E-state index in [-0.39, 0.29) is 63.6 Å². The molecule has 16 nitrogen and oxygen atoms in total. The van der Waals surface area contributed by atoms with E-state index in [4.69, 9.17) is 23.5 Å². The van der Waals surface area contributed by atoms with Gasteiger partial charge in [-0.3, -0.25) is 14.6 Å². The van der Waals surface area contributed by atoms with E-state index in [2.05, 4.69) is 20.4 Å². The van der Waals surface area contributed by atoms with Crippen molar-refractivity contribution in [3.63, 3.8) is 0 Å². The van der Waals surface area contributed by atoms with Crippen molar-refractivity contribution >= 4 is 33.6 Å². The molecule has 0 radical (unpaired) electrons. The number of phenolic OH excluding ortho intramolecular Hbond substituents is 2. The van der Waals surface area contributed by atoms with Gasteiger partial charge in [-0.2, -0.15) is 4.98 Å². The van der Waals surface area contributed by atoms with Crippen molar-refractivity contribution in [2.45, 2.75) is 76.4 Å². The van der Waals surface area contributed by atoms with E-state index in [0.717, 1.165) is 6.26 Å². The number of Topliss-reactive ketones (excluding diaryl/α,β-unsaturated/α-hetero) is 1. The molecule has 0 spiro atoms. The molecule has 3 atom stereocenters. The van der Waals surface area contributed by atoms with Crippen molar-refractivity contribution in [2.24, 2.45) is 0 Å². The number of phenols is 2. The number of sulfone groups is 1. The van der Waals surface area contributed by atoms with Crippen LogP contribution >= 0.6 is 0 Å². The smallest absolute Gasteiger partial charge is 0.342 e. The zero-order valence-electron chi connectivity index (χ0n) is 33.0. The third kappa shape index (κ3) is 10.9. The molecule has 0 saturated carbocycles. The molecule has 3 unspecified atom stereocenters. The molecule has 3 N–H and O–H groups in total. The van der Waals surface area contributed by atoms with Crippen LogP contribution in [-0.2, 0) is 24.2 Å². The Morgan fingerprint density at radius 3 is 2.41 bits per heavy atom. The highest BCUT2D eigenvalue weighted by molar-refractivity contribution is 7.90. The Balaban J connectivity index is 1.62. The Labute approximate surface area is 336 Å². The highest BCUT2D eigenvalue weighted by Gasteiger charge is 2.33. The fraction of sp³-hybridized carbons (Fsp3) is 0.415. The van der Waals surface area contributed by atoms with E-state index < -0.39 is 57.7 Å². The third-order valence-corrected chi connectivity index (χ3v) is 10.6. The van der Waals surface area contributed by atoms with Crippen molar-refractivity contribution in [2.75, 3.05) is 33.3 Å². The Morgan fingerprint density at radius 1 is 1.03 bits per heavy atom. The molecule has 58 heavy (non-hydrogen) atoms. The Morgan fingerprint density at radius 2 is 1.76 bits per heavy atom. The van der Waals surface area contributed by atoms with E-state index in [1.165, 1.54) is 27.4 Å². The molecule has 1 aliphatic heterocycles. The summed E-state index contributed by atoms with van der Waals surface area (Å²) in [7, 11) is 0.709. The highest BCUT2D eigenvalue weighted by atomic mass is 32.2. The van der Waals surface area contributed by atoms with E-state index in [9.17, 15) is 33.0 Å². The van der Waals surface area contributed by atoms with Gasteiger partial charge in [0.2, 0.25) is 23.4 Å². The molecule has 2 aromatic heterocycles. The van der Waals surface area contributed by atoms with Crippen molar-refractivity contribution in [3.05, 3.63) is 76.8 Å². The van der Waals surface area contributed by atoms with Crippen LogP contribution in [0.5, 0.6) is 28.7 Å². The lowest BCUT2D eigenvalue weighted by atomic mass is 9.84. The van der Waals surface area contributed by atoms with Crippen LogP contribution in [0.2, 0.25) is 0 Å². The predicted octanol–water partition coefficient (Wildman–Crippen LogP) is 5.86. The largest absolute Gasteiger partial charge is 0.507 e. The SMILES string of the molecule is COc1cc(C(CC(=O)NC(CCS(C)(=O)=O)c2nc(-c3ccccn3)no2)c2c(O)cc3c(c2O)C(=O)OC(C)CCCC(=O)CCCC=C3)cc(OC)c1OC. The number of ketones is 1. The van der Waals surface area contributed by atoms with Gasteiger partial charge in [-0.15, -0.1) is 0 Å². The number of cyclic esters (lactones) is 1. The minimum Gasteiger partial charge on any atom is -0.507 e. The number of aromatic nitrogens is 3. The lowest BCUT2D eigenvalue weighted by Crippen LogP contribution is -2.31. The van der Waals surface area contributed by atoms with Crippen molar-refractivity contribution in [3.8, 4) is 40.3 Å². The number of amides is 1. The highest BCUT2D eigenvalue weighted by Crippen LogP contribution is 2.48. The number of hydrogen-bond donors (Lipinski definition) is 3. The van der Waals surface area contributed by atoms with Crippen LogP contribution in [0.15, 0.2) is 53.2 Å². The van der Waals surface area contributed by atoms with Gasteiger partial charge in [0.15, 0.2) is 11.5 Å². The number of carbonyl (C=O) groups excluding carboxylic acids is 3. The number of nitrogens with zero attached hydrogens (tertiary/aromatic N) is 3. The fourth-order valence-corrected chi connectivity index (χ4v) is 7.38.